The summed E-state index contributed by atoms with van der Waals surface area (Å²) in [5.41, 5.74) is 6.67. The minimum atomic E-state index is -1.44. The van der Waals surface area contributed by atoms with Gasteiger partial charge in [-0.15, -0.1) is 0 Å². The maximum Gasteiger partial charge on any atom is 0.194 e. The van der Waals surface area contributed by atoms with Crippen LogP contribution in [-0.4, -0.2) is 31.2 Å². The number of nitrogens with zero attached hydrogens (tertiary/aromatic N) is 1. The summed E-state index contributed by atoms with van der Waals surface area (Å²) in [4.78, 5) is 2.29. The van der Waals surface area contributed by atoms with E-state index in [2.05, 4.69) is 41.3 Å². The molecule has 1 fully saturated rings. The van der Waals surface area contributed by atoms with Crippen molar-refractivity contribution in [3.63, 3.8) is 0 Å². The number of hydrogen-bond donors (Lipinski definition) is 0. The lowest BCUT2D eigenvalue weighted by Gasteiger charge is -2.39. The molecular formula is C30H29F4N. The van der Waals surface area contributed by atoms with Gasteiger partial charge in [0.05, 0.1) is 6.67 Å². The van der Waals surface area contributed by atoms with E-state index in [4.69, 9.17) is 0 Å². The Kier molecular flexibility index (Phi) is 7.05. The summed E-state index contributed by atoms with van der Waals surface area (Å²) < 4.78 is 54.4. The van der Waals surface area contributed by atoms with Crippen LogP contribution < -0.4 is 0 Å². The van der Waals surface area contributed by atoms with Gasteiger partial charge in [0.25, 0.3) is 0 Å². The number of rotatable bonds is 7. The Morgan fingerprint density at radius 1 is 0.829 bits per heavy atom. The predicted octanol–water partition coefficient (Wildman–Crippen LogP) is 7.23. The Hall–Kier alpha value is -2.92. The van der Waals surface area contributed by atoms with E-state index in [0.29, 0.717) is 24.3 Å². The second-order valence-electron chi connectivity index (χ2n) is 9.69. The van der Waals surface area contributed by atoms with Gasteiger partial charge in [0.2, 0.25) is 0 Å². The highest BCUT2D eigenvalue weighted by Crippen LogP contribution is 2.40. The lowest BCUT2D eigenvalue weighted by atomic mass is 9.86. The van der Waals surface area contributed by atoms with E-state index < -0.39 is 17.5 Å². The third kappa shape index (κ3) is 5.06. The fourth-order valence-electron chi connectivity index (χ4n) is 5.49. The van der Waals surface area contributed by atoms with Crippen molar-refractivity contribution in [1.82, 2.24) is 4.90 Å². The van der Waals surface area contributed by atoms with Gasteiger partial charge in [-0.3, -0.25) is 4.39 Å². The molecule has 1 saturated heterocycles. The summed E-state index contributed by atoms with van der Waals surface area (Å²) in [5, 5.41) is 0. The van der Waals surface area contributed by atoms with Crippen LogP contribution in [0.2, 0.25) is 0 Å². The molecule has 2 aliphatic rings. The Balaban J connectivity index is 1.48. The molecule has 3 aromatic carbocycles. The zero-order valence-corrected chi connectivity index (χ0v) is 19.7. The highest BCUT2D eigenvalue weighted by molar-refractivity contribution is 5.99. The first-order chi connectivity index (χ1) is 17.0. The van der Waals surface area contributed by atoms with E-state index in [1.54, 1.807) is 0 Å². The van der Waals surface area contributed by atoms with Crippen LogP contribution in [0.25, 0.3) is 11.1 Å². The monoisotopic (exact) mass is 479 g/mol. The molecule has 0 amide bonds. The molecule has 1 heterocycles. The first-order valence-corrected chi connectivity index (χ1v) is 12.4. The van der Waals surface area contributed by atoms with Crippen LogP contribution in [0.15, 0.2) is 60.7 Å². The van der Waals surface area contributed by atoms with Crippen molar-refractivity contribution >= 4 is 11.1 Å². The Labute approximate surface area is 204 Å². The van der Waals surface area contributed by atoms with E-state index in [1.807, 2.05) is 12.1 Å². The molecule has 182 valence electrons. The van der Waals surface area contributed by atoms with E-state index in [1.165, 1.54) is 11.1 Å². The van der Waals surface area contributed by atoms with Crippen molar-refractivity contribution in [2.45, 2.75) is 32.1 Å². The molecule has 0 unspecified atom stereocenters. The van der Waals surface area contributed by atoms with Crippen LogP contribution in [-0.2, 0) is 12.8 Å². The van der Waals surface area contributed by atoms with Crippen molar-refractivity contribution in [3.05, 3.63) is 106 Å². The average molecular weight is 480 g/mol. The van der Waals surface area contributed by atoms with Crippen molar-refractivity contribution in [2.24, 2.45) is 5.92 Å². The van der Waals surface area contributed by atoms with E-state index in [0.717, 1.165) is 73.3 Å². The van der Waals surface area contributed by atoms with Crippen LogP contribution in [0.3, 0.4) is 0 Å². The van der Waals surface area contributed by atoms with E-state index in [-0.39, 0.29) is 6.67 Å². The average Bonchev–Trinajstić information content (AvgIpc) is 3.04. The summed E-state index contributed by atoms with van der Waals surface area (Å²) in [5.74, 6) is -3.19. The van der Waals surface area contributed by atoms with Crippen molar-refractivity contribution < 1.29 is 17.6 Å². The smallest absolute Gasteiger partial charge is 0.194 e. The maximum absolute atomic E-state index is 14.2. The number of aryl methyl sites for hydroxylation is 1. The molecule has 0 bridgehead atoms. The molecule has 0 radical (unpaired) electrons. The van der Waals surface area contributed by atoms with Gasteiger partial charge in [-0.2, -0.15) is 0 Å². The molecule has 0 spiro atoms. The number of benzene rings is 3. The molecule has 0 N–H and O–H groups in total. The summed E-state index contributed by atoms with van der Waals surface area (Å²) in [6.07, 6.45) is 3.93. The Morgan fingerprint density at radius 2 is 1.54 bits per heavy atom. The number of halogens is 4. The third-order valence-electron chi connectivity index (χ3n) is 7.20. The van der Waals surface area contributed by atoms with Gasteiger partial charge in [-0.05, 0) is 89.1 Å². The summed E-state index contributed by atoms with van der Waals surface area (Å²) in [6.45, 7) is 2.58. The fourth-order valence-corrected chi connectivity index (χ4v) is 5.49. The van der Waals surface area contributed by atoms with Gasteiger partial charge in [-0.1, -0.05) is 48.5 Å². The lowest BCUT2D eigenvalue weighted by molar-refractivity contribution is 0.0968. The van der Waals surface area contributed by atoms with E-state index >= 15 is 0 Å². The summed E-state index contributed by atoms with van der Waals surface area (Å²) in [7, 11) is 0. The maximum atomic E-state index is 14.2. The van der Waals surface area contributed by atoms with Gasteiger partial charge in [0.1, 0.15) is 0 Å². The minimum Gasteiger partial charge on any atom is -0.303 e. The van der Waals surface area contributed by atoms with Gasteiger partial charge < -0.3 is 4.90 Å². The SMILES string of the molecule is FCCCN1CC(Cc2ccc(C3=C(c4cc(F)c(F)c(F)c4)CCCc4ccccc43)cc2)C1. The van der Waals surface area contributed by atoms with E-state index in [9.17, 15) is 17.6 Å². The molecule has 1 aliphatic heterocycles. The molecule has 5 heteroatoms. The van der Waals surface area contributed by atoms with Crippen LogP contribution in [0.5, 0.6) is 0 Å². The normalized spacial score (nSPS) is 16.7. The second kappa shape index (κ2) is 10.4. The standard InChI is InChI=1S/C30H29F4N/c31-13-4-14-35-18-21(19-35)15-20-9-11-23(12-10-20)29-25-7-2-1-5-22(25)6-3-8-26(29)24-16-27(32)30(34)28(33)17-24/h1-2,5,7,9-12,16-17,21H,3-4,6,8,13-15,18-19H2. The molecule has 0 atom stereocenters. The topological polar surface area (TPSA) is 3.24 Å². The van der Waals surface area contributed by atoms with Crippen molar-refractivity contribution in [3.8, 4) is 0 Å². The van der Waals surface area contributed by atoms with Gasteiger partial charge in [0, 0.05) is 19.6 Å². The quantitative estimate of drug-likeness (QED) is 0.255. The highest BCUT2D eigenvalue weighted by atomic mass is 19.2. The molecular weight excluding hydrogens is 450 g/mol. The molecule has 0 aromatic heterocycles. The zero-order valence-electron chi connectivity index (χ0n) is 19.7. The minimum absolute atomic E-state index is 0.263. The Morgan fingerprint density at radius 3 is 2.26 bits per heavy atom. The second-order valence-corrected chi connectivity index (χ2v) is 9.69. The van der Waals surface area contributed by atoms with Crippen LogP contribution in [0.4, 0.5) is 17.6 Å². The predicted molar refractivity (Wildman–Crippen MR) is 132 cm³/mol. The van der Waals surface area contributed by atoms with Gasteiger partial charge in [-0.25, -0.2) is 13.2 Å². The summed E-state index contributed by atoms with van der Waals surface area (Å²) in [6, 6.07) is 18.8. The zero-order chi connectivity index (χ0) is 24.4. The van der Waals surface area contributed by atoms with Crippen molar-refractivity contribution in [1.29, 1.82) is 0 Å². The molecule has 0 saturated carbocycles. The van der Waals surface area contributed by atoms with Gasteiger partial charge >= 0.3 is 0 Å². The number of fused-ring (bicyclic) bond motifs is 1. The number of alkyl halides is 1. The third-order valence-corrected chi connectivity index (χ3v) is 7.20. The highest BCUT2D eigenvalue weighted by Gasteiger charge is 2.26. The molecule has 3 aromatic rings. The summed E-state index contributed by atoms with van der Waals surface area (Å²) >= 11 is 0. The molecule has 35 heavy (non-hydrogen) atoms. The van der Waals surface area contributed by atoms with Crippen molar-refractivity contribution in [2.75, 3.05) is 26.3 Å². The number of likely N-dealkylation sites (tertiary alicyclic amines) is 1. The number of hydrogen-bond acceptors (Lipinski definition) is 1. The first kappa shape index (κ1) is 23.8. The number of allylic oxidation sites excluding steroid dienone is 1. The fraction of sp³-hybridized carbons (Fsp3) is 0.333. The van der Waals surface area contributed by atoms with Crippen LogP contribution in [0.1, 0.15) is 47.1 Å². The van der Waals surface area contributed by atoms with Gasteiger partial charge in [0.15, 0.2) is 17.5 Å². The largest absolute Gasteiger partial charge is 0.303 e. The lowest BCUT2D eigenvalue weighted by Crippen LogP contribution is -2.47. The molecule has 1 nitrogen and oxygen atoms in total. The van der Waals surface area contributed by atoms with Crippen LogP contribution in [0, 0.1) is 23.4 Å². The first-order valence-electron chi connectivity index (χ1n) is 12.4. The molecule has 1 aliphatic carbocycles. The van der Waals surface area contributed by atoms with Crippen LogP contribution >= 0.6 is 0 Å². The Bertz CT molecular complexity index is 1200. The molecule has 5 rings (SSSR count).